The van der Waals surface area contributed by atoms with Crippen LogP contribution in [0.25, 0.3) is 5.69 Å². The van der Waals surface area contributed by atoms with E-state index in [0.717, 1.165) is 6.07 Å². The van der Waals surface area contributed by atoms with E-state index in [4.69, 9.17) is 0 Å². The van der Waals surface area contributed by atoms with Crippen LogP contribution in [0.4, 0.5) is 4.39 Å². The quantitative estimate of drug-likeness (QED) is 0.683. The highest BCUT2D eigenvalue weighted by Gasteiger charge is 2.27. The number of hydrogen-bond donors (Lipinski definition) is 2. The summed E-state index contributed by atoms with van der Waals surface area (Å²) >= 11 is 0. The smallest absolute Gasteiger partial charge is 0.241 e. The van der Waals surface area contributed by atoms with Gasteiger partial charge in [0.2, 0.25) is 10.0 Å². The van der Waals surface area contributed by atoms with E-state index in [1.54, 1.807) is 19.2 Å². The van der Waals surface area contributed by atoms with E-state index in [9.17, 15) is 12.8 Å². The SMILES string of the molecule is Cc1nc([C@@H](NS(=O)(=O)c2ccc(-n3cccn3)c(F)c2)C(C)C)n[nH]1. The first-order valence-corrected chi connectivity index (χ1v) is 9.47. The summed E-state index contributed by atoms with van der Waals surface area (Å²) in [7, 11) is -3.97. The molecule has 0 spiro atoms. The number of aromatic amines is 1. The largest absolute Gasteiger partial charge is 0.263 e. The van der Waals surface area contributed by atoms with Crippen molar-refractivity contribution in [1.82, 2.24) is 29.7 Å². The third kappa shape index (κ3) is 3.65. The molecule has 1 aromatic carbocycles. The van der Waals surface area contributed by atoms with E-state index < -0.39 is 21.9 Å². The van der Waals surface area contributed by atoms with Crippen LogP contribution in [0.3, 0.4) is 0 Å². The van der Waals surface area contributed by atoms with Gasteiger partial charge in [-0.25, -0.2) is 27.2 Å². The Kier molecular flexibility index (Phi) is 4.88. The number of sulfonamides is 1. The molecule has 0 radical (unpaired) electrons. The molecule has 2 N–H and O–H groups in total. The van der Waals surface area contributed by atoms with Crippen molar-refractivity contribution in [3.8, 4) is 5.69 Å². The van der Waals surface area contributed by atoms with Gasteiger partial charge < -0.3 is 0 Å². The molecule has 3 aromatic rings. The van der Waals surface area contributed by atoms with Crippen LogP contribution in [0.15, 0.2) is 41.6 Å². The van der Waals surface area contributed by atoms with Gasteiger partial charge in [0.25, 0.3) is 0 Å². The van der Waals surface area contributed by atoms with E-state index in [0.29, 0.717) is 11.6 Å². The van der Waals surface area contributed by atoms with Crippen molar-refractivity contribution in [2.24, 2.45) is 5.92 Å². The number of H-pyrrole nitrogens is 1. The summed E-state index contributed by atoms with van der Waals surface area (Å²) in [4.78, 5) is 4.02. The van der Waals surface area contributed by atoms with Gasteiger partial charge in [-0.2, -0.15) is 10.2 Å². The van der Waals surface area contributed by atoms with E-state index in [-0.39, 0.29) is 16.5 Å². The van der Waals surface area contributed by atoms with Gasteiger partial charge in [0.15, 0.2) is 5.82 Å². The second kappa shape index (κ2) is 6.96. The maximum atomic E-state index is 14.4. The fourth-order valence-corrected chi connectivity index (χ4v) is 3.83. The van der Waals surface area contributed by atoms with Gasteiger partial charge in [0.1, 0.15) is 17.3 Å². The topological polar surface area (TPSA) is 106 Å². The minimum atomic E-state index is -3.97. The molecule has 0 aliphatic carbocycles. The summed E-state index contributed by atoms with van der Waals surface area (Å²) in [5, 5.41) is 10.7. The lowest BCUT2D eigenvalue weighted by Gasteiger charge is -2.19. The Balaban J connectivity index is 1.91. The highest BCUT2D eigenvalue weighted by atomic mass is 32.2. The first-order valence-electron chi connectivity index (χ1n) is 7.99. The molecule has 0 aliphatic rings. The Labute approximate surface area is 150 Å². The average molecular weight is 378 g/mol. The molecule has 2 heterocycles. The van der Waals surface area contributed by atoms with E-state index in [1.165, 1.54) is 23.0 Å². The van der Waals surface area contributed by atoms with Crippen LogP contribution in [0.2, 0.25) is 0 Å². The van der Waals surface area contributed by atoms with Crippen LogP contribution in [0.5, 0.6) is 0 Å². The lowest BCUT2D eigenvalue weighted by Crippen LogP contribution is -2.32. The number of hydrogen-bond acceptors (Lipinski definition) is 5. The first-order chi connectivity index (χ1) is 12.3. The number of aryl methyl sites for hydroxylation is 1. The third-order valence-corrected chi connectivity index (χ3v) is 5.26. The van der Waals surface area contributed by atoms with Crippen LogP contribution in [-0.2, 0) is 10.0 Å². The molecule has 10 heteroatoms. The molecule has 0 fully saturated rings. The van der Waals surface area contributed by atoms with Crippen molar-refractivity contribution in [3.63, 3.8) is 0 Å². The van der Waals surface area contributed by atoms with Gasteiger partial charge in [-0.1, -0.05) is 13.8 Å². The average Bonchev–Trinajstić information content (AvgIpc) is 3.24. The molecular formula is C16H19FN6O2S. The van der Waals surface area contributed by atoms with Crippen molar-refractivity contribution in [2.45, 2.75) is 31.7 Å². The summed E-state index contributed by atoms with van der Waals surface area (Å²) in [6.45, 7) is 5.42. The fourth-order valence-electron chi connectivity index (χ4n) is 2.47. The van der Waals surface area contributed by atoms with Crippen molar-refractivity contribution < 1.29 is 12.8 Å². The lowest BCUT2D eigenvalue weighted by atomic mass is 10.1. The minimum absolute atomic E-state index is 0.104. The van der Waals surface area contributed by atoms with Crippen molar-refractivity contribution >= 4 is 10.0 Å². The Hall–Kier alpha value is -2.59. The Morgan fingerprint density at radius 1 is 1.31 bits per heavy atom. The molecule has 0 amide bonds. The standard InChI is InChI=1S/C16H19FN6O2S/c1-10(2)15(16-19-11(3)20-21-16)22-26(24,25)12-5-6-14(13(17)9-12)23-8-4-7-18-23/h4-10,15,22H,1-3H3,(H,19,20,21)/t15-/m0/s1. The van der Waals surface area contributed by atoms with Gasteiger partial charge in [0, 0.05) is 12.4 Å². The normalized spacial score (nSPS) is 13.3. The maximum Gasteiger partial charge on any atom is 0.241 e. The van der Waals surface area contributed by atoms with Crippen LogP contribution in [0, 0.1) is 18.7 Å². The molecule has 0 unspecified atom stereocenters. The second-order valence-electron chi connectivity index (χ2n) is 6.19. The summed E-state index contributed by atoms with van der Waals surface area (Å²) < 4.78 is 43.7. The van der Waals surface area contributed by atoms with Crippen LogP contribution in [-0.4, -0.2) is 33.4 Å². The van der Waals surface area contributed by atoms with Crippen molar-refractivity contribution in [1.29, 1.82) is 0 Å². The van der Waals surface area contributed by atoms with Gasteiger partial charge in [-0.3, -0.25) is 5.10 Å². The third-order valence-electron chi connectivity index (χ3n) is 3.82. The fraction of sp³-hybridized carbons (Fsp3) is 0.312. The number of halogens is 1. The molecule has 138 valence electrons. The molecule has 2 aromatic heterocycles. The zero-order valence-corrected chi connectivity index (χ0v) is 15.3. The Bertz CT molecular complexity index is 998. The van der Waals surface area contributed by atoms with Crippen molar-refractivity contribution in [3.05, 3.63) is 54.1 Å². The number of benzene rings is 1. The summed E-state index contributed by atoms with van der Waals surface area (Å²) in [6, 6.07) is 4.69. The molecule has 8 nitrogen and oxygen atoms in total. The van der Waals surface area contributed by atoms with E-state index >= 15 is 0 Å². The molecule has 0 bridgehead atoms. The predicted molar refractivity (Wildman–Crippen MR) is 92.5 cm³/mol. The number of nitrogens with zero attached hydrogens (tertiary/aromatic N) is 4. The molecule has 0 saturated heterocycles. The highest BCUT2D eigenvalue weighted by Crippen LogP contribution is 2.23. The number of aromatic nitrogens is 5. The van der Waals surface area contributed by atoms with Gasteiger partial charge >= 0.3 is 0 Å². The van der Waals surface area contributed by atoms with E-state index in [1.807, 2.05) is 13.8 Å². The molecule has 0 aliphatic heterocycles. The summed E-state index contributed by atoms with van der Waals surface area (Å²) in [5.41, 5.74) is 0.166. The monoisotopic (exact) mass is 378 g/mol. The summed E-state index contributed by atoms with van der Waals surface area (Å²) in [5.74, 6) is 0.133. The first kappa shape index (κ1) is 18.2. The lowest BCUT2D eigenvalue weighted by molar-refractivity contribution is 0.445. The van der Waals surface area contributed by atoms with Crippen LogP contribution >= 0.6 is 0 Å². The zero-order chi connectivity index (χ0) is 18.9. The summed E-state index contributed by atoms with van der Waals surface area (Å²) in [6.07, 6.45) is 3.09. The predicted octanol–water partition coefficient (Wildman–Crippen LogP) is 2.11. The maximum absolute atomic E-state index is 14.4. The molecule has 3 rings (SSSR count). The van der Waals surface area contributed by atoms with Gasteiger partial charge in [-0.05, 0) is 37.1 Å². The zero-order valence-electron chi connectivity index (χ0n) is 14.5. The highest BCUT2D eigenvalue weighted by molar-refractivity contribution is 7.89. The van der Waals surface area contributed by atoms with E-state index in [2.05, 4.69) is 25.0 Å². The van der Waals surface area contributed by atoms with Crippen LogP contribution < -0.4 is 4.72 Å². The Morgan fingerprint density at radius 2 is 2.08 bits per heavy atom. The second-order valence-corrected chi connectivity index (χ2v) is 7.90. The molecular weight excluding hydrogens is 359 g/mol. The van der Waals surface area contributed by atoms with Crippen LogP contribution in [0.1, 0.15) is 31.5 Å². The number of nitrogens with one attached hydrogen (secondary N) is 2. The Morgan fingerprint density at radius 3 is 2.62 bits per heavy atom. The number of rotatable bonds is 6. The van der Waals surface area contributed by atoms with Gasteiger partial charge in [0.05, 0.1) is 10.9 Å². The molecule has 1 atom stereocenters. The molecule has 26 heavy (non-hydrogen) atoms. The minimum Gasteiger partial charge on any atom is -0.263 e. The molecule has 0 saturated carbocycles. The van der Waals surface area contributed by atoms with Crippen molar-refractivity contribution in [2.75, 3.05) is 0 Å². The van der Waals surface area contributed by atoms with Gasteiger partial charge in [-0.15, -0.1) is 0 Å².